The first-order chi connectivity index (χ1) is 29.8. The number of methoxy groups -OCH3 is 1. The second-order valence-corrected chi connectivity index (χ2v) is 19.4. The summed E-state index contributed by atoms with van der Waals surface area (Å²) in [4.78, 5) is 74.3. The van der Waals surface area contributed by atoms with Gasteiger partial charge in [0, 0.05) is 42.0 Å². The Balaban J connectivity index is 1.35. The molecule has 16 nitrogen and oxygen atoms in total. The van der Waals surface area contributed by atoms with Gasteiger partial charge in [-0.3, -0.25) is 19.2 Å². The van der Waals surface area contributed by atoms with Crippen molar-refractivity contribution in [3.8, 4) is 22.8 Å². The van der Waals surface area contributed by atoms with Gasteiger partial charge in [-0.2, -0.15) is 0 Å². The fourth-order valence-electron chi connectivity index (χ4n) is 7.31. The van der Waals surface area contributed by atoms with Gasteiger partial charge in [-0.1, -0.05) is 70.5 Å². The molecule has 0 radical (unpaired) electrons. The Bertz CT molecular complexity index is 2480. The second-order valence-electron chi connectivity index (χ2n) is 16.4. The number of alkyl carbamates (subject to hydrolysis) is 1. The maximum Gasteiger partial charge on any atom is 0.408 e. The minimum atomic E-state index is -4.33. The van der Waals surface area contributed by atoms with Crippen molar-refractivity contribution < 1.29 is 46.6 Å². The Hall–Kier alpha value is -6.01. The summed E-state index contributed by atoms with van der Waals surface area (Å²) < 4.78 is 46.3. The lowest BCUT2D eigenvalue weighted by Gasteiger charge is -2.30. The third-order valence-electron chi connectivity index (χ3n) is 10.6. The molecule has 1 saturated heterocycles. The van der Waals surface area contributed by atoms with Crippen LogP contribution >= 0.6 is 15.9 Å². The molecule has 4 aromatic rings. The molecule has 1 saturated carbocycles. The van der Waals surface area contributed by atoms with Crippen LogP contribution in [-0.4, -0.2) is 102 Å². The van der Waals surface area contributed by atoms with Crippen LogP contribution in [0.3, 0.4) is 0 Å². The van der Waals surface area contributed by atoms with E-state index in [1.165, 1.54) is 35.2 Å². The van der Waals surface area contributed by atoms with Crippen LogP contribution in [0.1, 0.15) is 47.0 Å². The zero-order valence-electron chi connectivity index (χ0n) is 35.6. The van der Waals surface area contributed by atoms with E-state index in [0.717, 1.165) is 5.56 Å². The van der Waals surface area contributed by atoms with E-state index in [1.807, 2.05) is 30.3 Å². The Kier molecular flexibility index (Phi) is 14.1. The maximum atomic E-state index is 14.8. The highest BCUT2D eigenvalue weighted by Crippen LogP contribution is 2.45. The molecule has 2 heterocycles. The lowest BCUT2D eigenvalue weighted by atomic mass is 10.1. The van der Waals surface area contributed by atoms with Gasteiger partial charge in [0.15, 0.2) is 0 Å². The monoisotopic (exact) mass is 946 g/mol. The zero-order valence-corrected chi connectivity index (χ0v) is 38.0. The number of rotatable bonds is 16. The highest BCUT2D eigenvalue weighted by atomic mass is 79.9. The van der Waals surface area contributed by atoms with Gasteiger partial charge in [0.25, 0.3) is 15.9 Å². The third-order valence-corrected chi connectivity index (χ3v) is 12.4. The van der Waals surface area contributed by atoms with E-state index in [0.29, 0.717) is 28.1 Å². The molecule has 1 aliphatic carbocycles. The molecule has 5 amide bonds. The molecule has 0 bridgehead atoms. The van der Waals surface area contributed by atoms with Crippen LogP contribution in [0, 0.1) is 5.92 Å². The number of nitrogens with zero attached hydrogens (tertiary/aromatic N) is 2. The van der Waals surface area contributed by atoms with E-state index in [9.17, 15) is 32.4 Å². The van der Waals surface area contributed by atoms with E-state index in [1.54, 1.807) is 65.1 Å². The van der Waals surface area contributed by atoms with Crippen molar-refractivity contribution in [1.82, 2.24) is 30.6 Å². The number of halogens is 1. The van der Waals surface area contributed by atoms with Crippen LogP contribution in [0.4, 0.5) is 4.79 Å². The number of carbonyl (C=O) groups excluding carboxylic acids is 5. The average molecular weight is 948 g/mol. The molecule has 0 spiro atoms. The van der Waals surface area contributed by atoms with Crippen molar-refractivity contribution in [3.05, 3.63) is 97.6 Å². The molecule has 1 aliphatic heterocycles. The van der Waals surface area contributed by atoms with Gasteiger partial charge < -0.3 is 35.1 Å². The lowest BCUT2D eigenvalue weighted by Crippen LogP contribution is -2.58. The van der Waals surface area contributed by atoms with Gasteiger partial charge in [0.05, 0.1) is 34.6 Å². The molecule has 6 rings (SSSR count). The number of likely N-dealkylation sites (tertiary alicyclic amines) is 1. The predicted molar refractivity (Wildman–Crippen MR) is 238 cm³/mol. The molecular formula is C45H51BrN6O10S. The summed E-state index contributed by atoms with van der Waals surface area (Å²) in [6.45, 7) is 10.2. The highest BCUT2D eigenvalue weighted by Gasteiger charge is 2.61. The number of aromatic nitrogens is 1. The number of alkyl halides is 1. The Morgan fingerprint density at radius 3 is 2.32 bits per heavy atom. The zero-order chi connectivity index (χ0) is 45.7. The van der Waals surface area contributed by atoms with Crippen LogP contribution in [0.2, 0.25) is 0 Å². The number of amides is 5. The molecule has 1 aromatic heterocycles. The Morgan fingerprint density at radius 1 is 1.02 bits per heavy atom. The standard InChI is InChI=1S/C45H51BrN6O10S/c1-7-29-25-45(29,42(56)51-63(58,59)32-16-12-9-13-17-32)50-40(54)37-23-31(26-52(37)41(55)34(20-21-47-39(53)27(2)46)49-43(57)62-44(3,4)5)61-38-24-35(28-14-10-8-11-15-28)48-36-22-30(60-6)18-19-33(36)38/h7-19,22,24,27,29,31,34,37H,1,20-21,23,25-26H2,2-6H3,(H,47,53)(H,49,57)(H,50,54)(H,51,56)/t27-,29+,31+,34-,37-,45+/m0/s1. The fourth-order valence-corrected chi connectivity index (χ4v) is 8.53. The quantitative estimate of drug-likeness (QED) is 0.0867. The first-order valence-corrected chi connectivity index (χ1v) is 22.7. The number of hydrogen-bond acceptors (Lipinski definition) is 11. The van der Waals surface area contributed by atoms with Crippen LogP contribution in [0.15, 0.2) is 102 Å². The van der Waals surface area contributed by atoms with Crippen molar-refractivity contribution in [2.45, 2.75) is 86.0 Å². The summed E-state index contributed by atoms with van der Waals surface area (Å²) in [5.74, 6) is -2.43. The molecule has 0 unspecified atom stereocenters. The normalized spacial score (nSPS) is 20.4. The van der Waals surface area contributed by atoms with Crippen molar-refractivity contribution in [3.63, 3.8) is 0 Å². The number of ether oxygens (including phenoxy) is 3. The van der Waals surface area contributed by atoms with E-state index in [2.05, 4.69) is 43.2 Å². The molecule has 6 atom stereocenters. The molecule has 334 valence electrons. The van der Waals surface area contributed by atoms with Crippen molar-refractivity contribution >= 4 is 66.6 Å². The molecule has 4 N–H and O–H groups in total. The Morgan fingerprint density at radius 2 is 1.70 bits per heavy atom. The van der Waals surface area contributed by atoms with Gasteiger partial charge in [-0.25, -0.2) is 22.9 Å². The Labute approximate surface area is 374 Å². The van der Waals surface area contributed by atoms with E-state index >= 15 is 0 Å². The SMILES string of the molecule is C=C[C@@H]1C[C@]1(NC(=O)[C@@H]1C[C@@H](Oc2cc(-c3ccccc3)nc3cc(OC)ccc23)CN1C(=O)[C@H](CCNC(=O)[C@H](C)Br)NC(=O)OC(C)(C)C)C(=O)NS(=O)(=O)c1ccccc1. The van der Waals surface area contributed by atoms with Gasteiger partial charge in [-0.05, 0) is 64.8 Å². The summed E-state index contributed by atoms with van der Waals surface area (Å²) in [6, 6.07) is 21.3. The summed E-state index contributed by atoms with van der Waals surface area (Å²) in [5.41, 5.74) is -0.656. The first-order valence-electron chi connectivity index (χ1n) is 20.3. The number of pyridine rings is 1. The van der Waals surface area contributed by atoms with Gasteiger partial charge in [0.1, 0.15) is 40.8 Å². The molecule has 2 aliphatic rings. The van der Waals surface area contributed by atoms with Crippen LogP contribution in [0.5, 0.6) is 11.5 Å². The van der Waals surface area contributed by atoms with Crippen molar-refractivity contribution in [2.24, 2.45) is 5.92 Å². The number of sulfonamides is 1. The molecule has 63 heavy (non-hydrogen) atoms. The lowest BCUT2D eigenvalue weighted by molar-refractivity contribution is -0.141. The van der Waals surface area contributed by atoms with Gasteiger partial charge in [-0.15, -0.1) is 6.58 Å². The smallest absolute Gasteiger partial charge is 0.408 e. The predicted octanol–water partition coefficient (Wildman–Crippen LogP) is 5.01. The van der Waals surface area contributed by atoms with E-state index in [-0.39, 0.29) is 43.2 Å². The number of carbonyl (C=O) groups is 5. The van der Waals surface area contributed by atoms with Crippen LogP contribution < -0.4 is 30.1 Å². The van der Waals surface area contributed by atoms with Gasteiger partial charge in [0.2, 0.25) is 17.7 Å². The van der Waals surface area contributed by atoms with Gasteiger partial charge >= 0.3 is 6.09 Å². The van der Waals surface area contributed by atoms with E-state index < -0.39 is 73.9 Å². The fraction of sp³-hybridized carbons (Fsp3) is 0.378. The maximum absolute atomic E-state index is 14.8. The number of hydrogen-bond donors (Lipinski definition) is 4. The number of nitrogens with one attached hydrogen (secondary N) is 4. The largest absolute Gasteiger partial charge is 0.497 e. The van der Waals surface area contributed by atoms with Crippen molar-refractivity contribution in [1.29, 1.82) is 0 Å². The second kappa shape index (κ2) is 19.2. The number of benzene rings is 3. The first kappa shape index (κ1) is 46.5. The molecule has 3 aromatic carbocycles. The molecule has 2 fully saturated rings. The summed E-state index contributed by atoms with van der Waals surface area (Å²) in [6.07, 6.45) is -0.386. The van der Waals surface area contributed by atoms with Crippen LogP contribution in [-0.2, 0) is 33.9 Å². The minimum absolute atomic E-state index is 0.0273. The summed E-state index contributed by atoms with van der Waals surface area (Å²) >= 11 is 3.22. The third kappa shape index (κ3) is 11.1. The average Bonchev–Trinajstić information content (AvgIpc) is 3.81. The minimum Gasteiger partial charge on any atom is -0.497 e. The highest BCUT2D eigenvalue weighted by molar-refractivity contribution is 9.10. The summed E-state index contributed by atoms with van der Waals surface area (Å²) in [5, 5.41) is 8.75. The molecule has 18 heteroatoms. The van der Waals surface area contributed by atoms with Crippen molar-refractivity contribution in [2.75, 3.05) is 20.2 Å². The number of fused-ring (bicyclic) bond motifs is 1. The van der Waals surface area contributed by atoms with Crippen LogP contribution in [0.25, 0.3) is 22.2 Å². The molecular weight excluding hydrogens is 896 g/mol. The van der Waals surface area contributed by atoms with E-state index in [4.69, 9.17) is 19.2 Å². The summed E-state index contributed by atoms with van der Waals surface area (Å²) in [7, 11) is -2.78. The topological polar surface area (TPSA) is 211 Å².